The molecule has 5 aromatic rings. The molecule has 0 saturated heterocycles. The molecule has 0 aromatic carbocycles. The number of pyridine rings is 2. The van der Waals surface area contributed by atoms with Crippen molar-refractivity contribution < 1.29 is 4.79 Å². The van der Waals surface area contributed by atoms with E-state index < -0.39 is 0 Å². The third kappa shape index (κ3) is 3.13. The van der Waals surface area contributed by atoms with Crippen molar-refractivity contribution in [1.82, 2.24) is 34.7 Å². The van der Waals surface area contributed by atoms with Crippen LogP contribution in [0.15, 0.2) is 48.0 Å². The van der Waals surface area contributed by atoms with Gasteiger partial charge in [0.2, 0.25) is 0 Å². The maximum absolute atomic E-state index is 13.1. The van der Waals surface area contributed by atoms with Gasteiger partial charge in [-0.1, -0.05) is 12.1 Å². The van der Waals surface area contributed by atoms with E-state index >= 15 is 0 Å². The van der Waals surface area contributed by atoms with Crippen molar-refractivity contribution in [3.63, 3.8) is 0 Å². The lowest BCUT2D eigenvalue weighted by atomic mass is 10.1. The van der Waals surface area contributed by atoms with Crippen LogP contribution in [0.25, 0.3) is 27.3 Å². The summed E-state index contributed by atoms with van der Waals surface area (Å²) in [6, 6.07) is 11.6. The highest BCUT2D eigenvalue weighted by Gasteiger charge is 2.19. The first kappa shape index (κ1) is 18.4. The molecule has 0 fully saturated rings. The molecule has 5 aromatic heterocycles. The summed E-state index contributed by atoms with van der Waals surface area (Å²) in [5, 5.41) is 18.6. The first-order valence-corrected chi connectivity index (χ1v) is 10.4. The molecule has 8 nitrogen and oxygen atoms in total. The van der Waals surface area contributed by atoms with E-state index in [4.69, 9.17) is 4.98 Å². The number of carbonyl (C=O) groups is 1. The Balaban J connectivity index is 1.44. The van der Waals surface area contributed by atoms with Crippen LogP contribution >= 0.6 is 11.3 Å². The second-order valence-corrected chi connectivity index (χ2v) is 7.94. The minimum atomic E-state index is -0.148. The molecule has 0 aliphatic rings. The van der Waals surface area contributed by atoms with Gasteiger partial charge in [-0.3, -0.25) is 13.9 Å². The highest BCUT2D eigenvalue weighted by atomic mass is 32.1. The van der Waals surface area contributed by atoms with Crippen molar-refractivity contribution >= 4 is 33.9 Å². The van der Waals surface area contributed by atoms with Crippen molar-refractivity contribution in [1.29, 1.82) is 0 Å². The van der Waals surface area contributed by atoms with E-state index in [-0.39, 0.29) is 5.91 Å². The van der Waals surface area contributed by atoms with Crippen LogP contribution in [-0.2, 0) is 13.5 Å². The van der Waals surface area contributed by atoms with Gasteiger partial charge in [0.25, 0.3) is 5.91 Å². The fraction of sp³-hybridized carbons (Fsp3) is 0.190. The second-order valence-electron chi connectivity index (χ2n) is 6.99. The summed E-state index contributed by atoms with van der Waals surface area (Å²) in [7, 11) is 1.85. The molecule has 9 heteroatoms. The van der Waals surface area contributed by atoms with Crippen LogP contribution in [0, 0.1) is 6.92 Å². The van der Waals surface area contributed by atoms with E-state index in [9.17, 15) is 4.79 Å². The molecule has 0 radical (unpaired) electrons. The van der Waals surface area contributed by atoms with Crippen LogP contribution in [0.5, 0.6) is 0 Å². The third-order valence-corrected chi connectivity index (χ3v) is 5.90. The van der Waals surface area contributed by atoms with Crippen molar-refractivity contribution in [3.05, 3.63) is 65.1 Å². The fourth-order valence-electron chi connectivity index (χ4n) is 3.62. The molecular formula is C21H19N7OS. The molecule has 5 heterocycles. The Morgan fingerprint density at radius 1 is 1.20 bits per heavy atom. The maximum atomic E-state index is 13.1. The fourth-order valence-corrected chi connectivity index (χ4v) is 4.31. The van der Waals surface area contributed by atoms with Crippen LogP contribution in [0.4, 0.5) is 0 Å². The molecule has 0 unspecified atom stereocenters. The van der Waals surface area contributed by atoms with Crippen LogP contribution in [0.3, 0.4) is 0 Å². The van der Waals surface area contributed by atoms with Gasteiger partial charge in [0, 0.05) is 26.2 Å². The summed E-state index contributed by atoms with van der Waals surface area (Å²) in [5.41, 5.74) is 3.63. The van der Waals surface area contributed by atoms with Gasteiger partial charge < -0.3 is 5.32 Å². The van der Waals surface area contributed by atoms with E-state index in [2.05, 4.69) is 20.6 Å². The van der Waals surface area contributed by atoms with Crippen LogP contribution < -0.4 is 5.32 Å². The van der Waals surface area contributed by atoms with Gasteiger partial charge in [-0.15, -0.1) is 21.5 Å². The molecule has 0 spiro atoms. The predicted octanol–water partition coefficient (Wildman–Crippen LogP) is 3.02. The summed E-state index contributed by atoms with van der Waals surface area (Å²) in [5.74, 6) is 0.660. The van der Waals surface area contributed by atoms with Gasteiger partial charge in [-0.25, -0.2) is 4.98 Å². The van der Waals surface area contributed by atoms with Crippen LogP contribution in [0.2, 0.25) is 0 Å². The summed E-state index contributed by atoms with van der Waals surface area (Å²) < 4.78 is 3.65. The zero-order valence-corrected chi connectivity index (χ0v) is 17.3. The molecule has 1 amide bonds. The Hall–Kier alpha value is -3.59. The summed E-state index contributed by atoms with van der Waals surface area (Å²) in [4.78, 5) is 18.9. The number of carbonyl (C=O) groups excluding carboxylic acids is 1. The SMILES string of the molecule is Cc1nn(C)c2nc(-c3cccs3)cc(C(=O)NCCc3nnc4ccccn34)c12. The van der Waals surface area contributed by atoms with E-state index in [0.717, 1.165) is 33.1 Å². The average Bonchev–Trinajstić information content (AvgIpc) is 3.48. The minimum Gasteiger partial charge on any atom is -0.352 e. The normalized spacial score (nSPS) is 11.4. The predicted molar refractivity (Wildman–Crippen MR) is 116 cm³/mol. The first-order valence-electron chi connectivity index (χ1n) is 9.57. The lowest BCUT2D eigenvalue weighted by molar-refractivity contribution is 0.0955. The Kier molecular flexibility index (Phi) is 4.51. The molecule has 0 saturated carbocycles. The lowest BCUT2D eigenvalue weighted by Crippen LogP contribution is -2.26. The lowest BCUT2D eigenvalue weighted by Gasteiger charge is -2.08. The molecule has 0 atom stereocenters. The molecule has 150 valence electrons. The highest BCUT2D eigenvalue weighted by Crippen LogP contribution is 2.29. The Morgan fingerprint density at radius 2 is 2.10 bits per heavy atom. The van der Waals surface area contributed by atoms with Crippen molar-refractivity contribution in [2.24, 2.45) is 7.05 Å². The zero-order chi connectivity index (χ0) is 20.7. The van der Waals surface area contributed by atoms with Gasteiger partial charge in [-0.05, 0) is 36.6 Å². The molecule has 30 heavy (non-hydrogen) atoms. The van der Waals surface area contributed by atoms with E-state index in [0.29, 0.717) is 24.2 Å². The number of hydrogen-bond acceptors (Lipinski definition) is 6. The molecule has 0 aliphatic carbocycles. The summed E-state index contributed by atoms with van der Waals surface area (Å²) >= 11 is 1.59. The van der Waals surface area contributed by atoms with Gasteiger partial charge in [0.05, 0.1) is 27.2 Å². The minimum absolute atomic E-state index is 0.148. The molecule has 5 rings (SSSR count). The Bertz CT molecular complexity index is 1370. The number of amides is 1. The third-order valence-electron chi connectivity index (χ3n) is 5.01. The van der Waals surface area contributed by atoms with Crippen molar-refractivity contribution in [2.75, 3.05) is 6.54 Å². The number of thiophene rings is 1. The van der Waals surface area contributed by atoms with Crippen molar-refractivity contribution in [3.8, 4) is 10.6 Å². The maximum Gasteiger partial charge on any atom is 0.252 e. The zero-order valence-electron chi connectivity index (χ0n) is 16.5. The number of rotatable bonds is 5. The number of fused-ring (bicyclic) bond motifs is 2. The standard InChI is InChI=1S/C21H19N7OS/c1-13-19-14(12-15(16-6-5-11-30-16)23-20(19)27(2)26-13)21(29)22-9-8-18-25-24-17-7-3-4-10-28(17)18/h3-7,10-12H,8-9H2,1-2H3,(H,22,29). The molecular weight excluding hydrogens is 398 g/mol. The number of aryl methyl sites for hydroxylation is 2. The van der Waals surface area contributed by atoms with E-state index in [1.807, 2.05) is 66.3 Å². The van der Waals surface area contributed by atoms with Gasteiger partial charge >= 0.3 is 0 Å². The monoisotopic (exact) mass is 417 g/mol. The molecule has 0 bridgehead atoms. The van der Waals surface area contributed by atoms with Gasteiger partial charge in [0.15, 0.2) is 11.3 Å². The van der Waals surface area contributed by atoms with Gasteiger partial charge in [0.1, 0.15) is 5.82 Å². The van der Waals surface area contributed by atoms with Gasteiger partial charge in [-0.2, -0.15) is 5.10 Å². The largest absolute Gasteiger partial charge is 0.352 e. The quantitative estimate of drug-likeness (QED) is 0.475. The Morgan fingerprint density at radius 3 is 2.93 bits per heavy atom. The Labute approximate surface area is 176 Å². The smallest absolute Gasteiger partial charge is 0.252 e. The van der Waals surface area contributed by atoms with Crippen LogP contribution in [-0.4, -0.2) is 41.8 Å². The number of nitrogens with zero attached hydrogens (tertiary/aromatic N) is 6. The second kappa shape index (κ2) is 7.34. The molecule has 0 aliphatic heterocycles. The number of hydrogen-bond donors (Lipinski definition) is 1. The van der Waals surface area contributed by atoms with Crippen molar-refractivity contribution in [2.45, 2.75) is 13.3 Å². The van der Waals surface area contributed by atoms with E-state index in [1.165, 1.54) is 0 Å². The topological polar surface area (TPSA) is 90.0 Å². The number of nitrogens with one attached hydrogen (secondary N) is 1. The van der Waals surface area contributed by atoms with E-state index in [1.54, 1.807) is 16.0 Å². The van der Waals surface area contributed by atoms with Crippen LogP contribution in [0.1, 0.15) is 21.9 Å². The number of aromatic nitrogens is 6. The molecule has 1 N–H and O–H groups in total. The highest BCUT2D eigenvalue weighted by molar-refractivity contribution is 7.13. The summed E-state index contributed by atoms with van der Waals surface area (Å²) in [6.45, 7) is 2.35. The average molecular weight is 417 g/mol. The summed E-state index contributed by atoms with van der Waals surface area (Å²) in [6.07, 6.45) is 2.50. The first-order chi connectivity index (χ1) is 14.6.